The maximum Gasteiger partial charge on any atom is 0.122 e. The lowest BCUT2D eigenvalue weighted by atomic mass is 10.1. The van der Waals surface area contributed by atoms with E-state index < -0.39 is 0 Å². The van der Waals surface area contributed by atoms with Crippen LogP contribution in [0.25, 0.3) is 0 Å². The zero-order valence-corrected chi connectivity index (χ0v) is 8.12. The summed E-state index contributed by atoms with van der Waals surface area (Å²) < 4.78 is 5.14. The zero-order chi connectivity index (χ0) is 9.68. The summed E-state index contributed by atoms with van der Waals surface area (Å²) in [5, 5.41) is 0.658. The van der Waals surface area contributed by atoms with Gasteiger partial charge in [0, 0.05) is 18.6 Å². The lowest BCUT2D eigenvalue weighted by Gasteiger charge is -2.12. The molecule has 0 bridgehead atoms. The van der Waals surface area contributed by atoms with E-state index >= 15 is 0 Å². The van der Waals surface area contributed by atoms with E-state index in [-0.39, 0.29) is 6.10 Å². The first kappa shape index (κ1) is 10.2. The monoisotopic (exact) mass is 198 g/mol. The lowest BCUT2D eigenvalue weighted by molar-refractivity contribution is -0.110. The summed E-state index contributed by atoms with van der Waals surface area (Å²) in [4.78, 5) is 10.3. The molecular formula is C10H11ClO2. The van der Waals surface area contributed by atoms with Crippen LogP contribution in [-0.2, 0) is 9.53 Å². The van der Waals surface area contributed by atoms with Crippen molar-refractivity contribution < 1.29 is 9.53 Å². The van der Waals surface area contributed by atoms with E-state index in [0.717, 1.165) is 11.8 Å². The van der Waals surface area contributed by atoms with Crippen LogP contribution in [0.3, 0.4) is 0 Å². The Balaban J connectivity index is 2.84. The average Bonchev–Trinajstić information content (AvgIpc) is 2.14. The molecule has 2 nitrogen and oxygen atoms in total. The second-order valence-electron chi connectivity index (χ2n) is 2.68. The van der Waals surface area contributed by atoms with E-state index in [9.17, 15) is 4.79 Å². The Morgan fingerprint density at radius 1 is 1.62 bits per heavy atom. The van der Waals surface area contributed by atoms with Crippen molar-refractivity contribution in [1.82, 2.24) is 0 Å². The molecular weight excluding hydrogens is 188 g/mol. The lowest BCUT2D eigenvalue weighted by Crippen LogP contribution is -2.01. The summed E-state index contributed by atoms with van der Waals surface area (Å²) in [6.07, 6.45) is 1.02. The van der Waals surface area contributed by atoms with Crippen molar-refractivity contribution in [3.05, 3.63) is 34.9 Å². The predicted octanol–water partition coefficient (Wildman–Crippen LogP) is 2.62. The van der Waals surface area contributed by atoms with Gasteiger partial charge in [0.25, 0.3) is 0 Å². The van der Waals surface area contributed by atoms with Crippen molar-refractivity contribution in [3.63, 3.8) is 0 Å². The van der Waals surface area contributed by atoms with Crippen molar-refractivity contribution >= 4 is 17.9 Å². The van der Waals surface area contributed by atoms with E-state index in [1.54, 1.807) is 19.2 Å². The van der Waals surface area contributed by atoms with Gasteiger partial charge in [0.1, 0.15) is 6.29 Å². The normalized spacial score (nSPS) is 12.5. The van der Waals surface area contributed by atoms with Crippen molar-refractivity contribution in [2.75, 3.05) is 7.11 Å². The molecule has 0 N–H and O–H groups in total. The molecule has 1 unspecified atom stereocenters. The fourth-order valence-corrected chi connectivity index (χ4v) is 1.36. The average molecular weight is 199 g/mol. The van der Waals surface area contributed by atoms with Gasteiger partial charge < -0.3 is 9.53 Å². The van der Waals surface area contributed by atoms with E-state index in [2.05, 4.69) is 0 Å². The number of hydrogen-bond donors (Lipinski definition) is 0. The molecule has 0 aliphatic rings. The minimum Gasteiger partial charge on any atom is -0.376 e. The van der Waals surface area contributed by atoms with Gasteiger partial charge in [-0.15, -0.1) is 0 Å². The molecule has 13 heavy (non-hydrogen) atoms. The quantitative estimate of drug-likeness (QED) is 0.696. The van der Waals surface area contributed by atoms with Gasteiger partial charge in [-0.05, 0) is 17.7 Å². The summed E-state index contributed by atoms with van der Waals surface area (Å²) in [6.45, 7) is 0. The molecule has 0 aromatic heterocycles. The SMILES string of the molecule is COC(CC=O)c1cccc(Cl)c1. The van der Waals surface area contributed by atoms with Gasteiger partial charge in [-0.1, -0.05) is 23.7 Å². The number of benzene rings is 1. The summed E-state index contributed by atoms with van der Waals surface area (Å²) in [5.41, 5.74) is 0.933. The Morgan fingerprint density at radius 2 is 2.38 bits per heavy atom. The van der Waals surface area contributed by atoms with Crippen LogP contribution in [0.4, 0.5) is 0 Å². The standard InChI is InChI=1S/C10H11ClO2/c1-13-10(5-6-12)8-3-2-4-9(11)7-8/h2-4,6-7,10H,5H2,1H3. The molecule has 0 saturated heterocycles. The van der Waals surface area contributed by atoms with Crippen molar-refractivity contribution in [1.29, 1.82) is 0 Å². The molecule has 0 amide bonds. The van der Waals surface area contributed by atoms with Crippen LogP contribution in [-0.4, -0.2) is 13.4 Å². The molecule has 0 aliphatic carbocycles. The summed E-state index contributed by atoms with van der Waals surface area (Å²) in [7, 11) is 1.58. The highest BCUT2D eigenvalue weighted by Crippen LogP contribution is 2.22. The molecule has 0 spiro atoms. The van der Waals surface area contributed by atoms with E-state index in [4.69, 9.17) is 16.3 Å². The highest BCUT2D eigenvalue weighted by molar-refractivity contribution is 6.30. The largest absolute Gasteiger partial charge is 0.376 e. The first-order valence-corrected chi connectivity index (χ1v) is 4.37. The Labute approximate surface area is 82.5 Å². The molecule has 1 rings (SSSR count). The van der Waals surface area contributed by atoms with Gasteiger partial charge in [0.05, 0.1) is 6.10 Å². The number of methoxy groups -OCH3 is 1. The number of hydrogen-bond acceptors (Lipinski definition) is 2. The molecule has 70 valence electrons. The van der Waals surface area contributed by atoms with Gasteiger partial charge in [0.2, 0.25) is 0 Å². The molecule has 3 heteroatoms. The fourth-order valence-electron chi connectivity index (χ4n) is 1.16. The Hall–Kier alpha value is -0.860. The van der Waals surface area contributed by atoms with Crippen LogP contribution in [0, 0.1) is 0 Å². The third-order valence-corrected chi connectivity index (χ3v) is 2.05. The second kappa shape index (κ2) is 5.00. The molecule has 1 aromatic carbocycles. The Morgan fingerprint density at radius 3 is 2.92 bits per heavy atom. The molecule has 1 atom stereocenters. The smallest absolute Gasteiger partial charge is 0.122 e. The summed E-state index contributed by atoms with van der Waals surface area (Å²) in [5.74, 6) is 0. The number of carbonyl (C=O) groups excluding carboxylic acids is 1. The van der Waals surface area contributed by atoms with Crippen LogP contribution in [0.15, 0.2) is 24.3 Å². The molecule has 1 aromatic rings. The zero-order valence-electron chi connectivity index (χ0n) is 7.37. The predicted molar refractivity (Wildman–Crippen MR) is 51.9 cm³/mol. The molecule has 0 radical (unpaired) electrons. The molecule has 0 fully saturated rings. The third kappa shape index (κ3) is 2.83. The second-order valence-corrected chi connectivity index (χ2v) is 3.12. The first-order valence-electron chi connectivity index (χ1n) is 4.00. The van der Waals surface area contributed by atoms with Gasteiger partial charge in [0.15, 0.2) is 0 Å². The van der Waals surface area contributed by atoms with Gasteiger partial charge in [-0.2, -0.15) is 0 Å². The first-order chi connectivity index (χ1) is 6.27. The Kier molecular flexibility index (Phi) is 3.93. The maximum atomic E-state index is 10.3. The highest BCUT2D eigenvalue weighted by Gasteiger charge is 2.09. The van der Waals surface area contributed by atoms with Gasteiger partial charge in [-0.3, -0.25) is 0 Å². The number of rotatable bonds is 4. The van der Waals surface area contributed by atoms with Crippen LogP contribution in [0.2, 0.25) is 5.02 Å². The molecule has 0 saturated carbocycles. The van der Waals surface area contributed by atoms with Crippen LogP contribution < -0.4 is 0 Å². The van der Waals surface area contributed by atoms with E-state index in [1.807, 2.05) is 12.1 Å². The van der Waals surface area contributed by atoms with Crippen molar-refractivity contribution in [2.24, 2.45) is 0 Å². The van der Waals surface area contributed by atoms with Crippen molar-refractivity contribution in [2.45, 2.75) is 12.5 Å². The van der Waals surface area contributed by atoms with Gasteiger partial charge in [-0.25, -0.2) is 0 Å². The number of halogens is 1. The molecule has 0 heterocycles. The topological polar surface area (TPSA) is 26.3 Å². The van der Waals surface area contributed by atoms with Crippen LogP contribution >= 0.6 is 11.6 Å². The number of aldehydes is 1. The molecule has 0 aliphatic heterocycles. The highest BCUT2D eigenvalue weighted by atomic mass is 35.5. The van der Waals surface area contributed by atoms with Crippen molar-refractivity contribution in [3.8, 4) is 0 Å². The fraction of sp³-hybridized carbons (Fsp3) is 0.300. The number of ether oxygens (including phenoxy) is 1. The Bertz CT molecular complexity index is 286. The summed E-state index contributed by atoms with van der Waals surface area (Å²) in [6, 6.07) is 7.33. The van der Waals surface area contributed by atoms with Crippen LogP contribution in [0.5, 0.6) is 0 Å². The minimum atomic E-state index is -0.184. The maximum absolute atomic E-state index is 10.3. The van der Waals surface area contributed by atoms with Gasteiger partial charge >= 0.3 is 0 Å². The third-order valence-electron chi connectivity index (χ3n) is 1.82. The number of carbonyl (C=O) groups is 1. The summed E-state index contributed by atoms with van der Waals surface area (Å²) >= 11 is 5.80. The van der Waals surface area contributed by atoms with Crippen LogP contribution in [0.1, 0.15) is 18.1 Å². The van der Waals surface area contributed by atoms with E-state index in [1.165, 1.54) is 0 Å². The van der Waals surface area contributed by atoms with E-state index in [0.29, 0.717) is 11.4 Å². The minimum absolute atomic E-state index is 0.184.